The smallest absolute Gasteiger partial charge is 0.261 e. The highest BCUT2D eigenvalue weighted by Gasteiger charge is 2.43. The lowest BCUT2D eigenvalue weighted by molar-refractivity contribution is -0.147. The molecule has 144 valence electrons. The Hall–Kier alpha value is -1.48. The number of fused-ring (bicyclic) bond motifs is 2. The third kappa shape index (κ3) is 3.78. The van der Waals surface area contributed by atoms with Crippen molar-refractivity contribution in [1.82, 2.24) is 10.2 Å². The van der Waals surface area contributed by atoms with Crippen molar-refractivity contribution in [2.45, 2.75) is 44.3 Å². The lowest BCUT2D eigenvalue weighted by Gasteiger charge is -2.43. The molecule has 1 aromatic rings. The number of carbonyl (C=O) groups is 2. The third-order valence-electron chi connectivity index (χ3n) is 5.06. The van der Waals surface area contributed by atoms with Gasteiger partial charge in [0.1, 0.15) is 11.7 Å². The molecule has 1 atom stereocenters. The monoisotopic (exact) mass is 382 g/mol. The number of carbonyl (C=O) groups excluding carboxylic acids is 2. The summed E-state index contributed by atoms with van der Waals surface area (Å²) in [7, 11) is 0. The van der Waals surface area contributed by atoms with Crippen LogP contribution in [-0.4, -0.2) is 65.9 Å². The lowest BCUT2D eigenvalue weighted by atomic mass is 9.85. The van der Waals surface area contributed by atoms with E-state index in [-0.39, 0.29) is 18.4 Å². The van der Waals surface area contributed by atoms with E-state index in [2.05, 4.69) is 5.32 Å². The van der Waals surface area contributed by atoms with Crippen molar-refractivity contribution < 1.29 is 24.5 Å². The van der Waals surface area contributed by atoms with Gasteiger partial charge in [-0.05, 0) is 44.2 Å². The molecule has 8 heteroatoms. The van der Waals surface area contributed by atoms with Crippen LogP contribution in [0.25, 0.3) is 0 Å². The molecule has 0 bridgehead atoms. The molecule has 0 saturated carbocycles. The van der Waals surface area contributed by atoms with Gasteiger partial charge in [0.2, 0.25) is 0 Å². The summed E-state index contributed by atoms with van der Waals surface area (Å²) in [5, 5.41) is 21.2. The van der Waals surface area contributed by atoms with Crippen LogP contribution in [0, 0.1) is 0 Å². The number of aliphatic hydroxyl groups excluding tert-OH is 2. The van der Waals surface area contributed by atoms with Gasteiger partial charge in [-0.25, -0.2) is 0 Å². The standard InChI is InChI=1S/C18H26N2O5S/c1-12(22)17(24)20-7-4-18(5-8-20)15-13(3-10-25-18)11-14(26-15)16(23)19-6-2-9-21/h11-12,21-22H,2-10H2,1H3,(H,19,23)/t12-/m1/s1. The van der Waals surface area contributed by atoms with Gasteiger partial charge in [-0.2, -0.15) is 0 Å². The van der Waals surface area contributed by atoms with Gasteiger partial charge in [0.25, 0.3) is 11.8 Å². The number of nitrogens with one attached hydrogen (secondary N) is 1. The first-order valence-corrected chi connectivity index (χ1v) is 9.91. The number of aliphatic hydroxyl groups is 2. The molecule has 1 aromatic heterocycles. The molecule has 2 aliphatic heterocycles. The van der Waals surface area contributed by atoms with Gasteiger partial charge < -0.3 is 25.2 Å². The Bertz CT molecular complexity index is 665. The van der Waals surface area contributed by atoms with Crippen molar-refractivity contribution in [3.8, 4) is 0 Å². The van der Waals surface area contributed by atoms with Crippen molar-refractivity contribution in [1.29, 1.82) is 0 Å². The van der Waals surface area contributed by atoms with E-state index in [0.717, 1.165) is 16.9 Å². The average Bonchev–Trinajstić information content (AvgIpc) is 3.08. The van der Waals surface area contributed by atoms with E-state index in [0.29, 0.717) is 50.4 Å². The van der Waals surface area contributed by atoms with E-state index < -0.39 is 11.7 Å². The minimum atomic E-state index is -0.983. The Balaban J connectivity index is 1.73. The van der Waals surface area contributed by atoms with Crippen LogP contribution >= 0.6 is 11.3 Å². The number of hydrogen-bond acceptors (Lipinski definition) is 6. The SMILES string of the molecule is C[C@@H](O)C(=O)N1CCC2(CC1)OCCc1cc(C(=O)NCCCO)sc12. The highest BCUT2D eigenvalue weighted by Crippen LogP contribution is 2.45. The summed E-state index contributed by atoms with van der Waals surface area (Å²) in [5.74, 6) is -0.360. The van der Waals surface area contributed by atoms with Gasteiger partial charge in [-0.3, -0.25) is 9.59 Å². The normalized spacial score (nSPS) is 19.9. The summed E-state index contributed by atoms with van der Waals surface area (Å²) >= 11 is 1.47. The Morgan fingerprint density at radius 2 is 2.15 bits per heavy atom. The molecule has 2 aliphatic rings. The van der Waals surface area contributed by atoms with E-state index in [1.807, 2.05) is 6.07 Å². The molecule has 3 N–H and O–H groups in total. The molecule has 2 amide bonds. The van der Waals surface area contributed by atoms with Gasteiger partial charge in [-0.1, -0.05) is 0 Å². The van der Waals surface area contributed by atoms with Gasteiger partial charge >= 0.3 is 0 Å². The maximum Gasteiger partial charge on any atom is 0.261 e. The predicted molar refractivity (Wildman–Crippen MR) is 97.2 cm³/mol. The first-order valence-electron chi connectivity index (χ1n) is 9.10. The van der Waals surface area contributed by atoms with Gasteiger partial charge in [-0.15, -0.1) is 11.3 Å². The van der Waals surface area contributed by atoms with E-state index in [9.17, 15) is 14.7 Å². The Labute approximate surface area is 157 Å². The molecular weight excluding hydrogens is 356 g/mol. The first-order chi connectivity index (χ1) is 12.5. The topological polar surface area (TPSA) is 99.1 Å². The molecular formula is C18H26N2O5S. The van der Waals surface area contributed by atoms with E-state index in [1.54, 1.807) is 4.90 Å². The third-order valence-corrected chi connectivity index (χ3v) is 6.42. The summed E-state index contributed by atoms with van der Waals surface area (Å²) in [6.45, 7) is 3.69. The van der Waals surface area contributed by atoms with Gasteiger partial charge in [0.05, 0.1) is 11.5 Å². The van der Waals surface area contributed by atoms with Gasteiger partial charge in [0.15, 0.2) is 0 Å². The van der Waals surface area contributed by atoms with Crippen LogP contribution in [0.5, 0.6) is 0 Å². The molecule has 26 heavy (non-hydrogen) atoms. The number of rotatable bonds is 5. The number of piperidine rings is 1. The zero-order chi connectivity index (χ0) is 18.7. The van der Waals surface area contributed by atoms with Crippen LogP contribution in [0.15, 0.2) is 6.07 Å². The molecule has 0 aliphatic carbocycles. The zero-order valence-electron chi connectivity index (χ0n) is 15.0. The number of nitrogens with zero attached hydrogens (tertiary/aromatic N) is 1. The fourth-order valence-electron chi connectivity index (χ4n) is 3.63. The minimum absolute atomic E-state index is 0.0554. The second-order valence-corrected chi connectivity index (χ2v) is 7.94. The molecule has 7 nitrogen and oxygen atoms in total. The van der Waals surface area contributed by atoms with Crippen molar-refractivity contribution in [3.63, 3.8) is 0 Å². The van der Waals surface area contributed by atoms with E-state index in [4.69, 9.17) is 9.84 Å². The molecule has 1 saturated heterocycles. The quantitative estimate of drug-likeness (QED) is 0.649. The summed E-state index contributed by atoms with van der Waals surface area (Å²) in [5.41, 5.74) is 0.723. The van der Waals surface area contributed by atoms with Crippen molar-refractivity contribution in [2.75, 3.05) is 32.8 Å². The van der Waals surface area contributed by atoms with Crippen LogP contribution in [0.1, 0.15) is 46.3 Å². The van der Waals surface area contributed by atoms with Crippen LogP contribution in [0.3, 0.4) is 0 Å². The van der Waals surface area contributed by atoms with E-state index >= 15 is 0 Å². The number of likely N-dealkylation sites (tertiary alicyclic amines) is 1. The summed E-state index contributed by atoms with van der Waals surface area (Å²) in [6, 6.07) is 1.95. The van der Waals surface area contributed by atoms with Crippen LogP contribution < -0.4 is 5.32 Å². The highest BCUT2D eigenvalue weighted by molar-refractivity contribution is 7.14. The molecule has 0 aromatic carbocycles. The first kappa shape index (κ1) is 19.3. The highest BCUT2D eigenvalue weighted by atomic mass is 32.1. The molecule has 1 fully saturated rings. The summed E-state index contributed by atoms with van der Waals surface area (Å²) < 4.78 is 6.16. The van der Waals surface area contributed by atoms with Crippen LogP contribution in [-0.2, 0) is 21.6 Å². The minimum Gasteiger partial charge on any atom is -0.396 e. The number of ether oxygens (including phenoxy) is 1. The van der Waals surface area contributed by atoms with Crippen LogP contribution in [0.2, 0.25) is 0 Å². The van der Waals surface area contributed by atoms with E-state index in [1.165, 1.54) is 18.3 Å². The fourth-order valence-corrected chi connectivity index (χ4v) is 4.95. The summed E-state index contributed by atoms with van der Waals surface area (Å²) in [4.78, 5) is 27.8. The Kier molecular flexibility index (Phi) is 5.96. The number of hydrogen-bond donors (Lipinski definition) is 3. The average molecular weight is 382 g/mol. The fraction of sp³-hybridized carbons (Fsp3) is 0.667. The predicted octanol–water partition coefficient (Wildman–Crippen LogP) is 0.631. The second kappa shape index (κ2) is 8.04. The van der Waals surface area contributed by atoms with Crippen molar-refractivity contribution in [3.05, 3.63) is 21.4 Å². The lowest BCUT2D eigenvalue weighted by Crippen LogP contribution is -2.49. The van der Waals surface area contributed by atoms with Gasteiger partial charge in [0, 0.05) is 31.1 Å². The molecule has 0 radical (unpaired) electrons. The van der Waals surface area contributed by atoms with Crippen LogP contribution in [0.4, 0.5) is 0 Å². The molecule has 3 heterocycles. The van der Waals surface area contributed by atoms with Crippen molar-refractivity contribution >= 4 is 23.2 Å². The maximum absolute atomic E-state index is 12.3. The summed E-state index contributed by atoms with van der Waals surface area (Å²) in [6.07, 6.45) is 1.68. The van der Waals surface area contributed by atoms with Crippen molar-refractivity contribution in [2.24, 2.45) is 0 Å². The zero-order valence-corrected chi connectivity index (χ0v) is 15.8. The largest absolute Gasteiger partial charge is 0.396 e. The second-order valence-electron chi connectivity index (χ2n) is 6.89. The molecule has 1 spiro atoms. The Morgan fingerprint density at radius 1 is 1.42 bits per heavy atom. The number of amides is 2. The Morgan fingerprint density at radius 3 is 2.81 bits per heavy atom. The maximum atomic E-state index is 12.3. The molecule has 0 unspecified atom stereocenters. The number of thiophene rings is 1. The molecule has 3 rings (SSSR count).